The minimum atomic E-state index is -3.84. The van der Waals surface area contributed by atoms with Gasteiger partial charge in [-0.25, -0.2) is 8.42 Å². The van der Waals surface area contributed by atoms with E-state index in [0.717, 1.165) is 22.3 Å². The minimum absolute atomic E-state index is 0.0689. The third-order valence-corrected chi connectivity index (χ3v) is 9.08. The predicted molar refractivity (Wildman–Crippen MR) is 146 cm³/mol. The van der Waals surface area contributed by atoms with Crippen LogP contribution in [0, 0.1) is 33.6 Å². The highest BCUT2D eigenvalue weighted by molar-refractivity contribution is 7.89. The number of benzene rings is 2. The number of nitrogens with one attached hydrogen (secondary N) is 1. The van der Waals surface area contributed by atoms with E-state index in [9.17, 15) is 13.2 Å². The number of rotatable bonds is 7. The maximum atomic E-state index is 13.6. The normalized spacial score (nSPS) is 15.4. The van der Waals surface area contributed by atoms with Crippen LogP contribution in [0.4, 0.5) is 0 Å². The van der Waals surface area contributed by atoms with Crippen LogP contribution in [0.2, 0.25) is 5.02 Å². The van der Waals surface area contributed by atoms with Crippen LogP contribution in [0.3, 0.4) is 0 Å². The number of amides is 1. The number of hydrogen-bond donors (Lipinski definition) is 1. The summed E-state index contributed by atoms with van der Waals surface area (Å²) >= 11 is 5.91. The average molecular weight is 542 g/mol. The summed E-state index contributed by atoms with van der Waals surface area (Å²) in [6.45, 7) is 8.65. The lowest BCUT2D eigenvalue weighted by Gasteiger charge is -2.30. The Kier molecular flexibility index (Phi) is 8.21. The van der Waals surface area contributed by atoms with Crippen LogP contribution in [0.1, 0.15) is 52.1 Å². The van der Waals surface area contributed by atoms with E-state index in [-0.39, 0.29) is 35.6 Å². The Labute approximate surface area is 223 Å². The van der Waals surface area contributed by atoms with Crippen molar-refractivity contribution >= 4 is 39.7 Å². The van der Waals surface area contributed by atoms with Gasteiger partial charge in [0.2, 0.25) is 15.9 Å². The molecule has 0 radical (unpaired) electrons. The third-order valence-electron chi connectivity index (χ3n) is 6.78. The summed E-state index contributed by atoms with van der Waals surface area (Å²) in [5.41, 5.74) is 5.68. The van der Waals surface area contributed by atoms with Gasteiger partial charge >= 0.3 is 0 Å². The van der Waals surface area contributed by atoms with E-state index in [4.69, 9.17) is 16.1 Å². The number of piperidine rings is 1. The summed E-state index contributed by atoms with van der Waals surface area (Å²) in [5.74, 6) is -0.102. The molecule has 1 saturated heterocycles. The van der Waals surface area contributed by atoms with E-state index in [1.54, 1.807) is 25.1 Å². The van der Waals surface area contributed by atoms with Crippen molar-refractivity contribution in [3.8, 4) is 0 Å². The highest BCUT2D eigenvalue weighted by Gasteiger charge is 2.35. The summed E-state index contributed by atoms with van der Waals surface area (Å²) < 4.78 is 34.0. The summed E-state index contributed by atoms with van der Waals surface area (Å²) in [6.07, 6.45) is 4.45. The van der Waals surface area contributed by atoms with Crippen molar-refractivity contribution < 1.29 is 17.7 Å². The number of aryl methyl sites for hydroxylation is 4. The van der Waals surface area contributed by atoms with Gasteiger partial charge in [0.05, 0.1) is 0 Å². The zero-order valence-corrected chi connectivity index (χ0v) is 23.1. The van der Waals surface area contributed by atoms with Crippen molar-refractivity contribution in [1.82, 2.24) is 14.8 Å². The molecule has 2 heterocycles. The van der Waals surface area contributed by atoms with Gasteiger partial charge in [-0.05, 0) is 81.0 Å². The molecular weight excluding hydrogens is 510 g/mol. The molecule has 0 saturated carbocycles. The largest absolute Gasteiger partial charge is 0.355 e. The van der Waals surface area contributed by atoms with Gasteiger partial charge in [0, 0.05) is 30.6 Å². The van der Waals surface area contributed by atoms with Gasteiger partial charge < -0.3 is 9.84 Å². The van der Waals surface area contributed by atoms with Crippen LogP contribution in [0.15, 0.2) is 45.8 Å². The highest BCUT2D eigenvalue weighted by Crippen LogP contribution is 2.30. The Morgan fingerprint density at radius 2 is 1.70 bits per heavy atom. The Morgan fingerprint density at radius 1 is 1.08 bits per heavy atom. The van der Waals surface area contributed by atoms with E-state index in [1.807, 2.05) is 39.0 Å². The summed E-state index contributed by atoms with van der Waals surface area (Å²) in [4.78, 5) is 12.8. The lowest BCUT2D eigenvalue weighted by molar-refractivity contribution is -0.126. The molecule has 0 aliphatic carbocycles. The van der Waals surface area contributed by atoms with Gasteiger partial charge in [-0.15, -0.1) is 0 Å². The zero-order chi connectivity index (χ0) is 26.7. The molecule has 0 unspecified atom stereocenters. The zero-order valence-electron chi connectivity index (χ0n) is 21.5. The second-order valence-corrected chi connectivity index (χ2v) is 11.9. The van der Waals surface area contributed by atoms with Crippen LogP contribution < -0.4 is 5.32 Å². The van der Waals surface area contributed by atoms with E-state index >= 15 is 0 Å². The molecule has 0 bridgehead atoms. The Hall–Kier alpha value is -2.94. The fourth-order valence-corrected chi connectivity index (χ4v) is 6.68. The number of carbonyl (C=O) groups is 1. The van der Waals surface area contributed by atoms with E-state index < -0.39 is 10.0 Å². The molecule has 1 N–H and O–H groups in total. The number of hydrogen-bond acceptors (Lipinski definition) is 5. The fraction of sp³-hybridized carbons (Fsp3) is 0.357. The molecule has 196 valence electrons. The fourth-order valence-electron chi connectivity index (χ4n) is 4.84. The smallest absolute Gasteiger partial charge is 0.248 e. The standard InChI is InChI=1S/C28H32ClN3O4S/c1-18-15-19(2)25(20(3)16-18)9-10-26-27(21(4)31-36-26)37(34,35)32-13-11-23(12-14-32)28(33)30-17-22-5-7-24(29)8-6-22/h5-10,15-16,23H,11-14,17H2,1-4H3,(H,30,33)/b10-9+. The molecule has 1 amide bonds. The minimum Gasteiger partial charge on any atom is -0.355 e. The van der Waals surface area contributed by atoms with Crippen LogP contribution in [0.25, 0.3) is 12.2 Å². The number of halogens is 1. The molecule has 7 nitrogen and oxygen atoms in total. The van der Waals surface area contributed by atoms with Crippen molar-refractivity contribution in [3.63, 3.8) is 0 Å². The second-order valence-electron chi connectivity index (χ2n) is 9.63. The Balaban J connectivity index is 1.43. The van der Waals surface area contributed by atoms with Gasteiger partial charge in [-0.1, -0.05) is 52.7 Å². The van der Waals surface area contributed by atoms with Crippen molar-refractivity contribution in [2.45, 2.75) is 52.0 Å². The first-order valence-electron chi connectivity index (χ1n) is 12.3. The van der Waals surface area contributed by atoms with Gasteiger partial charge in [0.1, 0.15) is 5.69 Å². The molecule has 1 aromatic heterocycles. The molecule has 1 aliphatic rings. The molecular formula is C28H32ClN3O4S. The summed E-state index contributed by atoms with van der Waals surface area (Å²) in [7, 11) is -3.84. The van der Waals surface area contributed by atoms with Crippen molar-refractivity contribution in [2.24, 2.45) is 5.92 Å². The Bertz CT molecular complexity index is 1400. The highest BCUT2D eigenvalue weighted by atomic mass is 35.5. The SMILES string of the molecule is Cc1cc(C)c(/C=C/c2onc(C)c2S(=O)(=O)N2CCC(C(=O)NCc3ccc(Cl)cc3)CC2)c(C)c1. The van der Waals surface area contributed by atoms with Gasteiger partial charge in [0.15, 0.2) is 10.7 Å². The first-order chi connectivity index (χ1) is 17.6. The van der Waals surface area contributed by atoms with E-state index in [0.29, 0.717) is 30.1 Å². The molecule has 0 atom stereocenters. The monoisotopic (exact) mass is 541 g/mol. The number of nitrogens with zero attached hydrogens (tertiary/aromatic N) is 2. The number of sulfonamides is 1. The van der Waals surface area contributed by atoms with E-state index in [1.165, 1.54) is 9.87 Å². The summed E-state index contributed by atoms with van der Waals surface area (Å²) in [6, 6.07) is 11.5. The van der Waals surface area contributed by atoms with Gasteiger partial charge in [0.25, 0.3) is 0 Å². The molecule has 1 aliphatic heterocycles. The topological polar surface area (TPSA) is 92.5 Å². The second kappa shape index (κ2) is 11.2. The van der Waals surface area contributed by atoms with Crippen LogP contribution in [0.5, 0.6) is 0 Å². The summed E-state index contributed by atoms with van der Waals surface area (Å²) in [5, 5.41) is 7.54. The van der Waals surface area contributed by atoms with Crippen molar-refractivity contribution in [1.29, 1.82) is 0 Å². The van der Waals surface area contributed by atoms with Gasteiger partial charge in [-0.3, -0.25) is 4.79 Å². The van der Waals surface area contributed by atoms with Crippen molar-refractivity contribution in [3.05, 3.63) is 80.7 Å². The molecule has 1 fully saturated rings. The van der Waals surface area contributed by atoms with Crippen LogP contribution in [-0.2, 0) is 21.4 Å². The van der Waals surface area contributed by atoms with Gasteiger partial charge in [-0.2, -0.15) is 4.31 Å². The third kappa shape index (κ3) is 6.14. The molecule has 0 spiro atoms. The van der Waals surface area contributed by atoms with Crippen LogP contribution in [-0.4, -0.2) is 36.9 Å². The maximum Gasteiger partial charge on any atom is 0.248 e. The quantitative estimate of drug-likeness (QED) is 0.429. The number of aromatic nitrogens is 1. The van der Waals surface area contributed by atoms with Crippen molar-refractivity contribution in [2.75, 3.05) is 13.1 Å². The lowest BCUT2D eigenvalue weighted by atomic mass is 9.97. The predicted octanol–water partition coefficient (Wildman–Crippen LogP) is 5.45. The van der Waals surface area contributed by atoms with Crippen LogP contribution >= 0.6 is 11.6 Å². The molecule has 2 aromatic carbocycles. The average Bonchev–Trinajstić information content (AvgIpc) is 3.24. The maximum absolute atomic E-state index is 13.6. The molecule has 9 heteroatoms. The van der Waals surface area contributed by atoms with E-state index in [2.05, 4.69) is 22.6 Å². The Morgan fingerprint density at radius 3 is 2.32 bits per heavy atom. The first kappa shape index (κ1) is 27.1. The number of carbonyl (C=O) groups excluding carboxylic acids is 1. The first-order valence-corrected chi connectivity index (χ1v) is 14.1. The molecule has 3 aromatic rings. The molecule has 4 rings (SSSR count). The molecule has 37 heavy (non-hydrogen) atoms. The lowest BCUT2D eigenvalue weighted by Crippen LogP contribution is -2.43.